The summed E-state index contributed by atoms with van der Waals surface area (Å²) in [6.45, 7) is 5.45. The van der Waals surface area contributed by atoms with Crippen LogP contribution in [0, 0.1) is 0 Å². The predicted molar refractivity (Wildman–Crippen MR) is 114 cm³/mol. The van der Waals surface area contributed by atoms with Gasteiger partial charge in [0.25, 0.3) is 0 Å². The molecule has 1 saturated heterocycles. The predicted octanol–water partition coefficient (Wildman–Crippen LogP) is 3.57. The fourth-order valence-electron chi connectivity index (χ4n) is 4.21. The van der Waals surface area contributed by atoms with Crippen LogP contribution in [0.1, 0.15) is 50.0 Å². The molecule has 7 heteroatoms. The van der Waals surface area contributed by atoms with Crippen LogP contribution in [0.4, 0.5) is 5.69 Å². The van der Waals surface area contributed by atoms with E-state index in [2.05, 4.69) is 17.1 Å². The Kier molecular flexibility index (Phi) is 6.79. The number of amides is 1. The lowest BCUT2D eigenvalue weighted by molar-refractivity contribution is -0.118. The molecule has 2 aromatic rings. The van der Waals surface area contributed by atoms with E-state index in [-0.39, 0.29) is 12.5 Å². The van der Waals surface area contributed by atoms with Crippen molar-refractivity contribution in [3.63, 3.8) is 0 Å². The van der Waals surface area contributed by atoms with Gasteiger partial charge in [0.05, 0.1) is 31.5 Å². The van der Waals surface area contributed by atoms with E-state index in [0.29, 0.717) is 29.7 Å². The SMILES string of the molecule is CCOC(=O)c1c(NC(=O)CN2CCCC[C@@H]2CC)c2cc(OC)ccc2n1C. The maximum atomic E-state index is 12.9. The van der Waals surface area contributed by atoms with Crippen LogP contribution in [0.2, 0.25) is 0 Å². The molecule has 0 saturated carbocycles. The van der Waals surface area contributed by atoms with Crippen LogP contribution >= 0.6 is 0 Å². The molecule has 1 fully saturated rings. The number of piperidine rings is 1. The van der Waals surface area contributed by atoms with Crippen molar-refractivity contribution < 1.29 is 19.1 Å². The lowest BCUT2D eigenvalue weighted by atomic mass is 10.00. The molecular weight excluding hydrogens is 370 g/mol. The van der Waals surface area contributed by atoms with Crippen molar-refractivity contribution in [2.45, 2.75) is 45.6 Å². The van der Waals surface area contributed by atoms with Gasteiger partial charge >= 0.3 is 5.97 Å². The normalized spacial score (nSPS) is 17.3. The third-order valence-electron chi connectivity index (χ3n) is 5.71. The van der Waals surface area contributed by atoms with Crippen LogP contribution in [-0.4, -0.2) is 54.2 Å². The molecule has 0 aliphatic carbocycles. The van der Waals surface area contributed by atoms with E-state index in [9.17, 15) is 9.59 Å². The molecule has 1 aliphatic rings. The summed E-state index contributed by atoms with van der Waals surface area (Å²) in [5.41, 5.74) is 1.65. The second-order valence-corrected chi connectivity index (χ2v) is 7.46. The number of aryl methyl sites for hydroxylation is 1. The van der Waals surface area contributed by atoms with Gasteiger partial charge in [-0.2, -0.15) is 0 Å². The number of rotatable bonds is 7. The Balaban J connectivity index is 1.94. The Labute approximate surface area is 171 Å². The molecule has 0 spiro atoms. The lowest BCUT2D eigenvalue weighted by Crippen LogP contribution is -2.43. The molecule has 29 heavy (non-hydrogen) atoms. The smallest absolute Gasteiger partial charge is 0.357 e. The Morgan fingerprint density at radius 2 is 2.03 bits per heavy atom. The average molecular weight is 402 g/mol. The first-order valence-corrected chi connectivity index (χ1v) is 10.4. The van der Waals surface area contributed by atoms with Crippen molar-refractivity contribution in [3.05, 3.63) is 23.9 Å². The molecule has 1 amide bonds. The summed E-state index contributed by atoms with van der Waals surface area (Å²) in [4.78, 5) is 27.8. The highest BCUT2D eigenvalue weighted by molar-refractivity contribution is 6.12. The molecule has 0 unspecified atom stereocenters. The topological polar surface area (TPSA) is 72.8 Å². The van der Waals surface area contributed by atoms with Gasteiger partial charge in [0, 0.05) is 18.5 Å². The van der Waals surface area contributed by atoms with Crippen LogP contribution in [0.3, 0.4) is 0 Å². The summed E-state index contributed by atoms with van der Waals surface area (Å²) in [7, 11) is 3.39. The number of aromatic nitrogens is 1. The van der Waals surface area contributed by atoms with E-state index in [1.807, 2.05) is 18.2 Å². The van der Waals surface area contributed by atoms with Crippen molar-refractivity contribution in [2.75, 3.05) is 32.1 Å². The number of ether oxygens (including phenoxy) is 2. The number of carbonyl (C=O) groups excluding carboxylic acids is 2. The zero-order valence-corrected chi connectivity index (χ0v) is 17.8. The van der Waals surface area contributed by atoms with E-state index >= 15 is 0 Å². The number of nitrogens with zero attached hydrogens (tertiary/aromatic N) is 2. The van der Waals surface area contributed by atoms with Crippen molar-refractivity contribution in [1.29, 1.82) is 0 Å². The van der Waals surface area contributed by atoms with Crippen LogP contribution in [0.15, 0.2) is 18.2 Å². The molecule has 2 heterocycles. The van der Waals surface area contributed by atoms with Crippen molar-refractivity contribution in [1.82, 2.24) is 9.47 Å². The fourth-order valence-corrected chi connectivity index (χ4v) is 4.21. The molecule has 1 atom stereocenters. The Bertz CT molecular complexity index is 890. The lowest BCUT2D eigenvalue weighted by Gasteiger charge is -2.34. The fraction of sp³-hybridized carbons (Fsp3) is 0.545. The third kappa shape index (κ3) is 4.40. The first-order valence-electron chi connectivity index (χ1n) is 10.4. The summed E-state index contributed by atoms with van der Waals surface area (Å²) in [6.07, 6.45) is 4.49. The minimum atomic E-state index is -0.454. The van der Waals surface area contributed by atoms with Crippen LogP contribution in [0.25, 0.3) is 10.9 Å². The Morgan fingerprint density at radius 3 is 2.72 bits per heavy atom. The Hall–Kier alpha value is -2.54. The van der Waals surface area contributed by atoms with Gasteiger partial charge in [-0.05, 0) is 50.9 Å². The Morgan fingerprint density at radius 1 is 1.24 bits per heavy atom. The van der Waals surface area contributed by atoms with Gasteiger partial charge < -0.3 is 19.4 Å². The molecule has 1 aliphatic heterocycles. The monoisotopic (exact) mass is 401 g/mol. The van der Waals surface area contributed by atoms with Gasteiger partial charge in [0.1, 0.15) is 5.75 Å². The van der Waals surface area contributed by atoms with E-state index in [0.717, 1.165) is 36.7 Å². The highest BCUT2D eigenvalue weighted by Crippen LogP contribution is 2.34. The number of esters is 1. The van der Waals surface area contributed by atoms with Gasteiger partial charge in [0.2, 0.25) is 5.91 Å². The maximum absolute atomic E-state index is 12.9. The number of methoxy groups -OCH3 is 1. The van der Waals surface area contributed by atoms with E-state index in [4.69, 9.17) is 9.47 Å². The van der Waals surface area contributed by atoms with Crippen molar-refractivity contribution in [3.8, 4) is 5.75 Å². The summed E-state index contributed by atoms with van der Waals surface area (Å²) < 4.78 is 12.4. The van der Waals surface area contributed by atoms with Crippen LogP contribution in [-0.2, 0) is 16.6 Å². The summed E-state index contributed by atoms with van der Waals surface area (Å²) in [5, 5.41) is 3.76. The minimum absolute atomic E-state index is 0.119. The number of likely N-dealkylation sites (tertiary alicyclic amines) is 1. The van der Waals surface area contributed by atoms with Gasteiger partial charge in [0.15, 0.2) is 5.69 Å². The first-order chi connectivity index (χ1) is 14.0. The standard InChI is InChI=1S/C22H31N3O4/c1-5-15-9-7-8-12-25(15)14-19(26)23-20-17-13-16(28-4)10-11-18(17)24(3)21(20)22(27)29-6-2/h10-11,13,15H,5-9,12,14H2,1-4H3,(H,23,26)/t15-/m0/s1. The van der Waals surface area contributed by atoms with Crippen LogP contribution < -0.4 is 10.1 Å². The maximum Gasteiger partial charge on any atom is 0.357 e. The van der Waals surface area contributed by atoms with E-state index in [1.165, 1.54) is 6.42 Å². The number of carbonyl (C=O) groups is 2. The molecule has 1 N–H and O–H groups in total. The summed E-state index contributed by atoms with van der Waals surface area (Å²) >= 11 is 0. The highest BCUT2D eigenvalue weighted by atomic mass is 16.5. The molecular formula is C22H31N3O4. The third-order valence-corrected chi connectivity index (χ3v) is 5.71. The molecule has 1 aromatic heterocycles. The number of anilines is 1. The number of nitrogens with one attached hydrogen (secondary N) is 1. The van der Waals surface area contributed by atoms with Crippen molar-refractivity contribution in [2.24, 2.45) is 7.05 Å². The number of benzene rings is 1. The van der Waals surface area contributed by atoms with Gasteiger partial charge in [-0.25, -0.2) is 4.79 Å². The second-order valence-electron chi connectivity index (χ2n) is 7.46. The molecule has 3 rings (SSSR count). The summed E-state index contributed by atoms with van der Waals surface area (Å²) in [5.74, 6) is 0.0900. The molecule has 7 nitrogen and oxygen atoms in total. The van der Waals surface area contributed by atoms with E-state index < -0.39 is 5.97 Å². The van der Waals surface area contributed by atoms with Gasteiger partial charge in [-0.1, -0.05) is 13.3 Å². The van der Waals surface area contributed by atoms with Gasteiger partial charge in [-0.3, -0.25) is 9.69 Å². The number of hydrogen-bond donors (Lipinski definition) is 1. The van der Waals surface area contributed by atoms with E-state index in [1.54, 1.807) is 25.6 Å². The number of fused-ring (bicyclic) bond motifs is 1. The first kappa shape index (κ1) is 21.2. The number of hydrogen-bond acceptors (Lipinski definition) is 5. The highest BCUT2D eigenvalue weighted by Gasteiger charge is 2.27. The molecule has 0 bridgehead atoms. The average Bonchev–Trinajstić information content (AvgIpc) is 2.99. The quantitative estimate of drug-likeness (QED) is 0.718. The molecule has 158 valence electrons. The zero-order valence-electron chi connectivity index (χ0n) is 17.8. The van der Waals surface area contributed by atoms with Crippen LogP contribution in [0.5, 0.6) is 5.75 Å². The second kappa shape index (κ2) is 9.31. The largest absolute Gasteiger partial charge is 0.497 e. The molecule has 0 radical (unpaired) electrons. The zero-order chi connectivity index (χ0) is 21.0. The van der Waals surface area contributed by atoms with Gasteiger partial charge in [-0.15, -0.1) is 0 Å². The molecule has 1 aromatic carbocycles. The minimum Gasteiger partial charge on any atom is -0.497 e. The summed E-state index contributed by atoms with van der Waals surface area (Å²) in [6, 6.07) is 5.99. The van der Waals surface area contributed by atoms with Crippen molar-refractivity contribution >= 4 is 28.5 Å².